The Balaban J connectivity index is 1.74. The van der Waals surface area contributed by atoms with E-state index in [1.165, 1.54) is 10.9 Å². The van der Waals surface area contributed by atoms with E-state index in [2.05, 4.69) is 62.0 Å². The lowest BCUT2D eigenvalue weighted by molar-refractivity contribution is -0.123. The monoisotopic (exact) mass is 328 g/mol. The number of ether oxygens (including phenoxy) is 1. The minimum absolute atomic E-state index is 0.101. The van der Waals surface area contributed by atoms with E-state index in [0.717, 1.165) is 18.4 Å². The number of nitrogens with one attached hydrogen (secondary N) is 1. The highest BCUT2D eigenvalue weighted by molar-refractivity contribution is 5.89. The van der Waals surface area contributed by atoms with E-state index in [-0.39, 0.29) is 17.6 Å². The van der Waals surface area contributed by atoms with Crippen LogP contribution >= 0.6 is 0 Å². The van der Waals surface area contributed by atoms with E-state index < -0.39 is 0 Å². The normalized spacial score (nSPS) is 20.5. The average Bonchev–Trinajstić information content (AvgIpc) is 2.85. The minimum atomic E-state index is -0.149. The van der Waals surface area contributed by atoms with Crippen LogP contribution in [0.15, 0.2) is 30.5 Å². The number of para-hydroxylation sites is 1. The quantitative estimate of drug-likeness (QED) is 0.927. The molecule has 1 aliphatic rings. The molecule has 2 aromatic rings. The molecule has 1 saturated heterocycles. The van der Waals surface area contributed by atoms with Crippen molar-refractivity contribution in [3.8, 4) is 0 Å². The maximum Gasteiger partial charge on any atom is 0.224 e. The van der Waals surface area contributed by atoms with Crippen molar-refractivity contribution in [1.82, 2.24) is 9.88 Å². The fourth-order valence-electron chi connectivity index (χ4n) is 3.65. The standard InChI is InChI=1S/C20H28N2O2/c1-14(2)22-13-15(17-7-5-6-8-18(17)22)11-19(23)21-16-9-10-24-20(3,4)12-16/h5-8,13-14,16H,9-12H2,1-4H3,(H,21,23)/t16-/m0/s1. The Morgan fingerprint density at radius 1 is 1.38 bits per heavy atom. The zero-order valence-corrected chi connectivity index (χ0v) is 15.1. The van der Waals surface area contributed by atoms with E-state index in [9.17, 15) is 4.79 Å². The van der Waals surface area contributed by atoms with E-state index in [1.807, 2.05) is 6.07 Å². The predicted octanol–water partition coefficient (Wildman–Crippen LogP) is 3.84. The smallest absolute Gasteiger partial charge is 0.224 e. The van der Waals surface area contributed by atoms with E-state index in [1.54, 1.807) is 0 Å². The van der Waals surface area contributed by atoms with Gasteiger partial charge in [0.15, 0.2) is 0 Å². The summed E-state index contributed by atoms with van der Waals surface area (Å²) in [7, 11) is 0. The maximum absolute atomic E-state index is 12.6. The van der Waals surface area contributed by atoms with Crippen molar-refractivity contribution in [2.24, 2.45) is 0 Å². The fourth-order valence-corrected chi connectivity index (χ4v) is 3.65. The Labute approximate surface area is 144 Å². The van der Waals surface area contributed by atoms with Crippen LogP contribution in [0.25, 0.3) is 10.9 Å². The van der Waals surface area contributed by atoms with Gasteiger partial charge in [0.05, 0.1) is 12.0 Å². The van der Waals surface area contributed by atoms with Gasteiger partial charge in [-0.05, 0) is 52.2 Å². The van der Waals surface area contributed by atoms with Crippen LogP contribution in [-0.2, 0) is 16.0 Å². The molecule has 1 aliphatic heterocycles. The highest BCUT2D eigenvalue weighted by atomic mass is 16.5. The van der Waals surface area contributed by atoms with Gasteiger partial charge in [0.25, 0.3) is 0 Å². The van der Waals surface area contributed by atoms with Crippen LogP contribution in [0, 0.1) is 0 Å². The van der Waals surface area contributed by atoms with E-state index in [0.29, 0.717) is 19.1 Å². The van der Waals surface area contributed by atoms with Crippen molar-refractivity contribution in [1.29, 1.82) is 0 Å². The highest BCUT2D eigenvalue weighted by Crippen LogP contribution is 2.26. The molecule has 4 heteroatoms. The first-order valence-corrected chi connectivity index (χ1v) is 8.87. The van der Waals surface area contributed by atoms with Crippen LogP contribution in [0.4, 0.5) is 0 Å². The summed E-state index contributed by atoms with van der Waals surface area (Å²) in [4.78, 5) is 12.6. The second kappa shape index (κ2) is 6.60. The molecule has 130 valence electrons. The van der Waals surface area contributed by atoms with Crippen molar-refractivity contribution < 1.29 is 9.53 Å². The lowest BCUT2D eigenvalue weighted by Gasteiger charge is -2.35. The maximum atomic E-state index is 12.6. The third-order valence-corrected chi connectivity index (χ3v) is 4.79. The van der Waals surface area contributed by atoms with Crippen LogP contribution in [0.2, 0.25) is 0 Å². The zero-order valence-electron chi connectivity index (χ0n) is 15.1. The van der Waals surface area contributed by atoms with Gasteiger partial charge in [0.1, 0.15) is 0 Å². The Hall–Kier alpha value is -1.81. The molecule has 1 aromatic heterocycles. The number of carbonyl (C=O) groups excluding carboxylic acids is 1. The number of benzene rings is 1. The third kappa shape index (κ3) is 3.64. The molecule has 0 saturated carbocycles. The van der Waals surface area contributed by atoms with Crippen molar-refractivity contribution in [3.63, 3.8) is 0 Å². The summed E-state index contributed by atoms with van der Waals surface area (Å²) >= 11 is 0. The average molecular weight is 328 g/mol. The SMILES string of the molecule is CC(C)n1cc(CC(=O)N[C@H]2CCOC(C)(C)C2)c2ccccc21. The summed E-state index contributed by atoms with van der Waals surface area (Å²) in [5.41, 5.74) is 2.15. The van der Waals surface area contributed by atoms with Gasteiger partial charge >= 0.3 is 0 Å². The number of hydrogen-bond donors (Lipinski definition) is 1. The van der Waals surface area contributed by atoms with Crippen LogP contribution in [-0.4, -0.2) is 28.7 Å². The first-order valence-electron chi connectivity index (χ1n) is 8.87. The number of hydrogen-bond acceptors (Lipinski definition) is 2. The number of carbonyl (C=O) groups is 1. The van der Waals surface area contributed by atoms with E-state index >= 15 is 0 Å². The van der Waals surface area contributed by atoms with Gasteiger partial charge < -0.3 is 14.6 Å². The molecule has 0 unspecified atom stereocenters. The molecule has 2 heterocycles. The van der Waals surface area contributed by atoms with Crippen LogP contribution < -0.4 is 5.32 Å². The third-order valence-electron chi connectivity index (χ3n) is 4.79. The van der Waals surface area contributed by atoms with Crippen molar-refractivity contribution in [2.45, 2.75) is 64.6 Å². The number of nitrogens with zero attached hydrogens (tertiary/aromatic N) is 1. The fraction of sp³-hybridized carbons (Fsp3) is 0.550. The molecule has 0 aliphatic carbocycles. The summed E-state index contributed by atoms with van der Waals surface area (Å²) in [5.74, 6) is 0.101. The molecule has 1 atom stereocenters. The molecule has 24 heavy (non-hydrogen) atoms. The van der Waals surface area contributed by atoms with Crippen LogP contribution in [0.1, 0.15) is 52.1 Å². The topological polar surface area (TPSA) is 43.3 Å². The first kappa shape index (κ1) is 17.0. The van der Waals surface area contributed by atoms with Gasteiger partial charge in [-0.1, -0.05) is 18.2 Å². The zero-order chi connectivity index (χ0) is 17.3. The Morgan fingerprint density at radius 3 is 2.83 bits per heavy atom. The Morgan fingerprint density at radius 2 is 2.12 bits per heavy atom. The molecule has 1 amide bonds. The Kier molecular flexibility index (Phi) is 4.68. The first-order chi connectivity index (χ1) is 11.4. The minimum Gasteiger partial charge on any atom is -0.375 e. The summed E-state index contributed by atoms with van der Waals surface area (Å²) in [5, 5.41) is 4.37. The van der Waals surface area contributed by atoms with E-state index in [4.69, 9.17) is 4.74 Å². The largest absolute Gasteiger partial charge is 0.375 e. The van der Waals surface area contributed by atoms with Crippen LogP contribution in [0.5, 0.6) is 0 Å². The number of amides is 1. The molecule has 3 rings (SSSR count). The van der Waals surface area contributed by atoms with Gasteiger partial charge in [-0.15, -0.1) is 0 Å². The molecule has 1 fully saturated rings. The predicted molar refractivity (Wildman–Crippen MR) is 97.2 cm³/mol. The van der Waals surface area contributed by atoms with Crippen molar-refractivity contribution in [2.75, 3.05) is 6.61 Å². The summed E-state index contributed by atoms with van der Waals surface area (Å²) < 4.78 is 7.97. The second-order valence-corrected chi connectivity index (χ2v) is 7.71. The van der Waals surface area contributed by atoms with Gasteiger partial charge in [0.2, 0.25) is 5.91 Å². The second-order valence-electron chi connectivity index (χ2n) is 7.71. The van der Waals surface area contributed by atoms with Gasteiger partial charge in [-0.25, -0.2) is 0 Å². The Bertz CT molecular complexity index is 730. The van der Waals surface area contributed by atoms with Gasteiger partial charge in [0, 0.05) is 35.8 Å². The highest BCUT2D eigenvalue weighted by Gasteiger charge is 2.29. The van der Waals surface area contributed by atoms with Crippen molar-refractivity contribution >= 4 is 16.8 Å². The summed E-state index contributed by atoms with van der Waals surface area (Å²) in [6.07, 6.45) is 4.32. The lowest BCUT2D eigenvalue weighted by atomic mass is 9.94. The molecule has 4 nitrogen and oxygen atoms in total. The number of rotatable bonds is 4. The number of fused-ring (bicyclic) bond motifs is 1. The van der Waals surface area contributed by atoms with Crippen molar-refractivity contribution in [3.05, 3.63) is 36.0 Å². The molecule has 0 bridgehead atoms. The molecule has 0 spiro atoms. The number of aromatic nitrogens is 1. The molecule has 0 radical (unpaired) electrons. The van der Waals surface area contributed by atoms with Crippen LogP contribution in [0.3, 0.4) is 0 Å². The van der Waals surface area contributed by atoms with Gasteiger partial charge in [-0.3, -0.25) is 4.79 Å². The summed E-state index contributed by atoms with van der Waals surface area (Å²) in [6, 6.07) is 8.90. The molecular formula is C20H28N2O2. The summed E-state index contributed by atoms with van der Waals surface area (Å²) in [6.45, 7) is 9.22. The lowest BCUT2D eigenvalue weighted by Crippen LogP contribution is -2.46. The molecule has 1 aromatic carbocycles. The molecular weight excluding hydrogens is 300 g/mol. The van der Waals surface area contributed by atoms with Gasteiger partial charge in [-0.2, -0.15) is 0 Å². The molecule has 1 N–H and O–H groups in total.